The smallest absolute Gasteiger partial charge is 0.314 e. The van der Waals surface area contributed by atoms with Gasteiger partial charge in [0.05, 0.1) is 6.42 Å². The lowest BCUT2D eigenvalue weighted by atomic mass is 9.72. The Morgan fingerprint density at radius 2 is 1.90 bits per heavy atom. The first-order chi connectivity index (χ1) is 9.58. The number of amides is 2. The molecule has 0 bridgehead atoms. The van der Waals surface area contributed by atoms with Crippen molar-refractivity contribution in [1.29, 1.82) is 0 Å². The first-order valence-electron chi connectivity index (χ1n) is 7.30. The van der Waals surface area contributed by atoms with Crippen molar-refractivity contribution in [3.63, 3.8) is 0 Å². The predicted octanol–water partition coefficient (Wildman–Crippen LogP) is 2.46. The van der Waals surface area contributed by atoms with Gasteiger partial charge < -0.3 is 15.7 Å². The van der Waals surface area contributed by atoms with Crippen molar-refractivity contribution in [1.82, 2.24) is 10.6 Å². The van der Waals surface area contributed by atoms with Crippen molar-refractivity contribution in [2.75, 3.05) is 25.1 Å². The van der Waals surface area contributed by atoms with Crippen molar-refractivity contribution < 1.29 is 14.7 Å². The molecule has 20 heavy (non-hydrogen) atoms. The molecule has 1 saturated carbocycles. The number of urea groups is 1. The minimum absolute atomic E-state index is 0.153. The van der Waals surface area contributed by atoms with Crippen LogP contribution in [0.3, 0.4) is 0 Å². The van der Waals surface area contributed by atoms with Gasteiger partial charge >= 0.3 is 12.0 Å². The van der Waals surface area contributed by atoms with E-state index in [9.17, 15) is 9.59 Å². The zero-order valence-electron chi connectivity index (χ0n) is 12.2. The normalized spacial score (nSPS) is 17.4. The second kappa shape index (κ2) is 9.10. The van der Waals surface area contributed by atoms with Gasteiger partial charge in [-0.15, -0.1) is 0 Å². The summed E-state index contributed by atoms with van der Waals surface area (Å²) in [6.07, 6.45) is 8.22. The lowest BCUT2D eigenvalue weighted by Gasteiger charge is -2.36. The Morgan fingerprint density at radius 3 is 2.50 bits per heavy atom. The summed E-state index contributed by atoms with van der Waals surface area (Å²) < 4.78 is 0. The summed E-state index contributed by atoms with van der Waals surface area (Å²) in [5.74, 6) is 0.262. The van der Waals surface area contributed by atoms with E-state index in [1.54, 1.807) is 11.8 Å². The van der Waals surface area contributed by atoms with E-state index in [0.717, 1.165) is 37.9 Å². The SMILES string of the molecule is CSCCCNC(=O)NCC1(CC(=O)O)CCCCC1. The fourth-order valence-electron chi connectivity index (χ4n) is 2.79. The molecule has 1 rings (SSSR count). The fraction of sp³-hybridized carbons (Fsp3) is 0.857. The molecule has 1 fully saturated rings. The maximum Gasteiger partial charge on any atom is 0.314 e. The van der Waals surface area contributed by atoms with Crippen LogP contribution in [-0.2, 0) is 4.79 Å². The van der Waals surface area contributed by atoms with Crippen LogP contribution in [0.5, 0.6) is 0 Å². The van der Waals surface area contributed by atoms with E-state index in [4.69, 9.17) is 5.11 Å². The van der Waals surface area contributed by atoms with Gasteiger partial charge in [-0.05, 0) is 36.7 Å². The minimum atomic E-state index is -0.769. The topological polar surface area (TPSA) is 78.4 Å². The molecular formula is C14H26N2O3S. The fourth-order valence-corrected chi connectivity index (χ4v) is 3.22. The molecule has 3 N–H and O–H groups in total. The second-order valence-electron chi connectivity index (χ2n) is 5.59. The van der Waals surface area contributed by atoms with Gasteiger partial charge in [-0.25, -0.2) is 4.79 Å². The average molecular weight is 302 g/mol. The maximum absolute atomic E-state index is 11.7. The quantitative estimate of drug-likeness (QED) is 0.602. The van der Waals surface area contributed by atoms with E-state index < -0.39 is 5.97 Å². The molecule has 1 aliphatic carbocycles. The highest BCUT2D eigenvalue weighted by molar-refractivity contribution is 7.98. The van der Waals surface area contributed by atoms with Crippen LogP contribution in [0.1, 0.15) is 44.9 Å². The van der Waals surface area contributed by atoms with Crippen molar-refractivity contribution in [3.8, 4) is 0 Å². The van der Waals surface area contributed by atoms with Crippen LogP contribution < -0.4 is 10.6 Å². The Morgan fingerprint density at radius 1 is 1.20 bits per heavy atom. The van der Waals surface area contributed by atoms with Crippen LogP contribution >= 0.6 is 11.8 Å². The number of carboxylic acid groups (broad SMARTS) is 1. The molecule has 0 heterocycles. The molecule has 0 atom stereocenters. The van der Waals surface area contributed by atoms with Gasteiger partial charge in [0.25, 0.3) is 0 Å². The number of hydrogen-bond acceptors (Lipinski definition) is 3. The molecule has 0 aromatic heterocycles. The molecule has 0 spiro atoms. The Hall–Kier alpha value is -0.910. The van der Waals surface area contributed by atoms with Crippen molar-refractivity contribution >= 4 is 23.8 Å². The molecule has 6 heteroatoms. The van der Waals surface area contributed by atoms with E-state index in [0.29, 0.717) is 13.1 Å². The summed E-state index contributed by atoms with van der Waals surface area (Å²) >= 11 is 1.76. The first kappa shape index (κ1) is 17.1. The second-order valence-corrected chi connectivity index (χ2v) is 6.57. The number of carbonyl (C=O) groups is 2. The number of hydrogen-bond donors (Lipinski definition) is 3. The summed E-state index contributed by atoms with van der Waals surface area (Å²) in [5, 5.41) is 14.7. The Labute approximate surface area is 125 Å². The molecule has 0 unspecified atom stereocenters. The predicted molar refractivity (Wildman–Crippen MR) is 82.2 cm³/mol. The largest absolute Gasteiger partial charge is 0.481 e. The number of aliphatic carboxylic acids is 1. The number of rotatable bonds is 8. The highest BCUT2D eigenvalue weighted by Crippen LogP contribution is 2.38. The summed E-state index contributed by atoms with van der Waals surface area (Å²) in [6, 6.07) is -0.179. The highest BCUT2D eigenvalue weighted by atomic mass is 32.2. The van der Waals surface area contributed by atoms with Crippen molar-refractivity contribution in [3.05, 3.63) is 0 Å². The molecule has 116 valence electrons. The van der Waals surface area contributed by atoms with E-state index in [1.165, 1.54) is 6.42 Å². The monoisotopic (exact) mass is 302 g/mol. The zero-order chi connectivity index (χ0) is 14.8. The van der Waals surface area contributed by atoms with Crippen molar-refractivity contribution in [2.45, 2.75) is 44.9 Å². The molecule has 0 aromatic rings. The zero-order valence-corrected chi connectivity index (χ0v) is 13.1. The first-order valence-corrected chi connectivity index (χ1v) is 8.70. The Kier molecular flexibility index (Phi) is 7.80. The van der Waals surface area contributed by atoms with Gasteiger partial charge in [0, 0.05) is 13.1 Å². The Balaban J connectivity index is 2.34. The molecule has 0 aromatic carbocycles. The highest BCUT2D eigenvalue weighted by Gasteiger charge is 2.34. The molecule has 0 saturated heterocycles. The molecule has 0 radical (unpaired) electrons. The molecule has 1 aliphatic rings. The lowest BCUT2D eigenvalue weighted by molar-refractivity contribution is -0.140. The molecule has 0 aliphatic heterocycles. The van der Waals surface area contributed by atoms with Crippen LogP contribution in [0, 0.1) is 5.41 Å². The van der Waals surface area contributed by atoms with Crippen LogP contribution in [-0.4, -0.2) is 42.2 Å². The van der Waals surface area contributed by atoms with Crippen LogP contribution in [0.15, 0.2) is 0 Å². The van der Waals surface area contributed by atoms with E-state index in [2.05, 4.69) is 10.6 Å². The van der Waals surface area contributed by atoms with Gasteiger partial charge in [-0.3, -0.25) is 4.79 Å². The third-order valence-electron chi connectivity index (χ3n) is 3.88. The van der Waals surface area contributed by atoms with Gasteiger partial charge in [0.15, 0.2) is 0 Å². The standard InChI is InChI=1S/C14H26N2O3S/c1-20-9-5-8-15-13(19)16-11-14(10-12(17)18)6-3-2-4-7-14/h2-11H2,1H3,(H,17,18)(H2,15,16,19). The molecule has 2 amide bonds. The minimum Gasteiger partial charge on any atom is -0.481 e. The van der Waals surface area contributed by atoms with E-state index >= 15 is 0 Å². The number of nitrogens with one attached hydrogen (secondary N) is 2. The summed E-state index contributed by atoms with van der Waals surface area (Å²) in [4.78, 5) is 22.7. The van der Waals surface area contributed by atoms with Crippen LogP contribution in [0.2, 0.25) is 0 Å². The third kappa shape index (κ3) is 6.50. The van der Waals surface area contributed by atoms with Crippen molar-refractivity contribution in [2.24, 2.45) is 5.41 Å². The lowest BCUT2D eigenvalue weighted by Crippen LogP contribution is -2.44. The molecular weight excluding hydrogens is 276 g/mol. The van der Waals surface area contributed by atoms with Gasteiger partial charge in [0.1, 0.15) is 0 Å². The maximum atomic E-state index is 11.7. The van der Waals surface area contributed by atoms with E-state index in [1.807, 2.05) is 6.26 Å². The van der Waals surface area contributed by atoms with E-state index in [-0.39, 0.29) is 17.9 Å². The number of thioether (sulfide) groups is 1. The summed E-state index contributed by atoms with van der Waals surface area (Å²) in [7, 11) is 0. The van der Waals surface area contributed by atoms with Gasteiger partial charge in [0.2, 0.25) is 0 Å². The van der Waals surface area contributed by atoms with Crippen LogP contribution in [0.25, 0.3) is 0 Å². The van der Waals surface area contributed by atoms with Gasteiger partial charge in [-0.2, -0.15) is 11.8 Å². The summed E-state index contributed by atoms with van der Waals surface area (Å²) in [6.45, 7) is 1.13. The number of carboxylic acids is 1. The molecule has 5 nitrogen and oxygen atoms in total. The average Bonchev–Trinajstić information content (AvgIpc) is 2.42. The number of carbonyl (C=O) groups excluding carboxylic acids is 1. The Bertz CT molecular complexity index is 318. The van der Waals surface area contributed by atoms with Crippen LogP contribution in [0.4, 0.5) is 4.79 Å². The third-order valence-corrected chi connectivity index (χ3v) is 4.57. The van der Waals surface area contributed by atoms with Gasteiger partial charge in [-0.1, -0.05) is 19.3 Å². The summed E-state index contributed by atoms with van der Waals surface area (Å²) in [5.41, 5.74) is -0.249.